The number of halogens is 2. The van der Waals surface area contributed by atoms with E-state index in [4.69, 9.17) is 23.2 Å². The fourth-order valence-corrected chi connectivity index (χ4v) is 4.35. The second-order valence-electron chi connectivity index (χ2n) is 5.98. The Kier molecular flexibility index (Phi) is 5.27. The van der Waals surface area contributed by atoms with Gasteiger partial charge in [-0.1, -0.05) is 53.5 Å². The van der Waals surface area contributed by atoms with E-state index < -0.39 is 10.0 Å². The second kappa shape index (κ2) is 7.31. The molecule has 0 saturated heterocycles. The molecule has 136 valence electrons. The van der Waals surface area contributed by atoms with Gasteiger partial charge in [-0.05, 0) is 42.7 Å². The molecule has 0 aliphatic rings. The lowest BCUT2D eigenvalue weighted by molar-refractivity contribution is 0.600. The van der Waals surface area contributed by atoms with Crippen LogP contribution in [0.25, 0.3) is 0 Å². The van der Waals surface area contributed by atoms with Crippen molar-refractivity contribution in [1.82, 2.24) is 9.78 Å². The van der Waals surface area contributed by atoms with Gasteiger partial charge in [0, 0.05) is 11.2 Å². The number of sulfonamides is 1. The first kappa shape index (κ1) is 18.8. The molecule has 0 fully saturated rings. The lowest BCUT2D eigenvalue weighted by Crippen LogP contribution is -2.15. The van der Waals surface area contributed by atoms with Crippen molar-refractivity contribution in [2.45, 2.75) is 25.3 Å². The molecule has 1 heterocycles. The largest absolute Gasteiger partial charge is 0.265 e. The Morgan fingerprint density at radius 3 is 2.42 bits per heavy atom. The molecule has 1 N–H and O–H groups in total. The van der Waals surface area contributed by atoms with E-state index in [1.807, 2.05) is 30.3 Å². The summed E-state index contributed by atoms with van der Waals surface area (Å²) in [5, 5.41) is 5.00. The molecule has 1 aromatic heterocycles. The van der Waals surface area contributed by atoms with Gasteiger partial charge in [-0.15, -0.1) is 0 Å². The number of rotatable bonds is 5. The SMILES string of the molecule is Cc1cc(S(=O)(=O)Nc2nn(Cc3ccccc3)cc2Cl)c(C)cc1Cl. The Morgan fingerprint density at radius 2 is 1.73 bits per heavy atom. The van der Waals surface area contributed by atoms with Crippen molar-refractivity contribution in [3.63, 3.8) is 0 Å². The first-order valence-electron chi connectivity index (χ1n) is 7.83. The Hall–Kier alpha value is -2.02. The summed E-state index contributed by atoms with van der Waals surface area (Å²) >= 11 is 12.2. The van der Waals surface area contributed by atoms with Gasteiger partial charge in [0.1, 0.15) is 5.02 Å². The van der Waals surface area contributed by atoms with Crippen molar-refractivity contribution in [2.75, 3.05) is 4.72 Å². The van der Waals surface area contributed by atoms with Crippen LogP contribution < -0.4 is 4.72 Å². The Balaban J connectivity index is 1.88. The Morgan fingerprint density at radius 1 is 1.04 bits per heavy atom. The number of aryl methyl sites for hydroxylation is 2. The van der Waals surface area contributed by atoms with E-state index in [-0.39, 0.29) is 15.7 Å². The van der Waals surface area contributed by atoms with E-state index in [0.717, 1.165) is 5.56 Å². The van der Waals surface area contributed by atoms with Gasteiger partial charge in [-0.25, -0.2) is 8.42 Å². The van der Waals surface area contributed by atoms with E-state index >= 15 is 0 Å². The normalized spacial score (nSPS) is 11.5. The zero-order valence-corrected chi connectivity index (χ0v) is 16.5. The van der Waals surface area contributed by atoms with E-state index in [9.17, 15) is 8.42 Å². The molecule has 0 aliphatic carbocycles. The van der Waals surface area contributed by atoms with Gasteiger partial charge in [0.2, 0.25) is 0 Å². The maximum Gasteiger partial charge on any atom is 0.263 e. The average Bonchev–Trinajstić information content (AvgIpc) is 2.90. The summed E-state index contributed by atoms with van der Waals surface area (Å²) in [6, 6.07) is 12.9. The highest BCUT2D eigenvalue weighted by molar-refractivity contribution is 7.92. The number of nitrogens with one attached hydrogen (secondary N) is 1. The number of hydrogen-bond acceptors (Lipinski definition) is 3. The molecule has 8 heteroatoms. The fraction of sp³-hybridized carbons (Fsp3) is 0.167. The van der Waals surface area contributed by atoms with Gasteiger partial charge in [0.05, 0.1) is 11.4 Å². The maximum atomic E-state index is 12.7. The van der Waals surface area contributed by atoms with Crippen molar-refractivity contribution in [3.05, 3.63) is 75.4 Å². The summed E-state index contributed by atoms with van der Waals surface area (Å²) < 4.78 is 29.5. The van der Waals surface area contributed by atoms with E-state index in [1.165, 1.54) is 6.07 Å². The summed E-state index contributed by atoms with van der Waals surface area (Å²) in [5.41, 5.74) is 2.26. The van der Waals surface area contributed by atoms with Crippen molar-refractivity contribution < 1.29 is 8.42 Å². The zero-order valence-electron chi connectivity index (χ0n) is 14.2. The summed E-state index contributed by atoms with van der Waals surface area (Å²) in [7, 11) is -3.83. The summed E-state index contributed by atoms with van der Waals surface area (Å²) in [5.74, 6) is 0.0922. The zero-order chi connectivity index (χ0) is 18.9. The third-order valence-corrected chi connectivity index (χ3v) is 6.05. The predicted octanol–water partition coefficient (Wildman–Crippen LogP) is 4.66. The lowest BCUT2D eigenvalue weighted by Gasteiger charge is -2.11. The smallest absolute Gasteiger partial charge is 0.263 e. The summed E-state index contributed by atoms with van der Waals surface area (Å²) in [6.07, 6.45) is 1.59. The minimum absolute atomic E-state index is 0.0922. The highest BCUT2D eigenvalue weighted by Gasteiger charge is 2.21. The van der Waals surface area contributed by atoms with Gasteiger partial charge < -0.3 is 0 Å². The first-order valence-corrected chi connectivity index (χ1v) is 10.1. The molecule has 5 nitrogen and oxygen atoms in total. The van der Waals surface area contributed by atoms with Crippen LogP contribution in [-0.2, 0) is 16.6 Å². The minimum Gasteiger partial charge on any atom is -0.265 e. The van der Waals surface area contributed by atoms with Crippen LogP contribution in [0.2, 0.25) is 10.0 Å². The first-order chi connectivity index (χ1) is 12.3. The molecule has 2 aromatic carbocycles. The maximum absolute atomic E-state index is 12.7. The van der Waals surface area contributed by atoms with Gasteiger partial charge in [-0.3, -0.25) is 9.40 Å². The monoisotopic (exact) mass is 409 g/mol. The molecule has 0 unspecified atom stereocenters. The van der Waals surface area contributed by atoms with Crippen molar-refractivity contribution in [3.8, 4) is 0 Å². The molecule has 3 rings (SSSR count). The van der Waals surface area contributed by atoms with Crippen LogP contribution in [0, 0.1) is 13.8 Å². The molecular weight excluding hydrogens is 393 g/mol. The minimum atomic E-state index is -3.83. The molecule has 3 aromatic rings. The summed E-state index contributed by atoms with van der Waals surface area (Å²) in [4.78, 5) is 0.146. The van der Waals surface area contributed by atoms with E-state index in [2.05, 4.69) is 9.82 Å². The average molecular weight is 410 g/mol. The molecule has 26 heavy (non-hydrogen) atoms. The number of aromatic nitrogens is 2. The number of anilines is 1. The van der Waals surface area contributed by atoms with Crippen LogP contribution in [0.4, 0.5) is 5.82 Å². The van der Waals surface area contributed by atoms with Crippen molar-refractivity contribution in [1.29, 1.82) is 0 Å². The highest BCUT2D eigenvalue weighted by atomic mass is 35.5. The topological polar surface area (TPSA) is 64.0 Å². The van der Waals surface area contributed by atoms with Crippen LogP contribution in [0.5, 0.6) is 0 Å². The third-order valence-electron chi connectivity index (χ3n) is 3.88. The van der Waals surface area contributed by atoms with Gasteiger partial charge in [-0.2, -0.15) is 5.10 Å². The molecule has 0 amide bonds. The lowest BCUT2D eigenvalue weighted by atomic mass is 10.2. The number of nitrogens with zero attached hydrogens (tertiary/aromatic N) is 2. The summed E-state index contributed by atoms with van der Waals surface area (Å²) in [6.45, 7) is 3.93. The van der Waals surface area contributed by atoms with Crippen LogP contribution in [-0.4, -0.2) is 18.2 Å². The molecule has 0 radical (unpaired) electrons. The fourth-order valence-electron chi connectivity index (χ4n) is 2.54. The van der Waals surface area contributed by atoms with Gasteiger partial charge in [0.25, 0.3) is 10.0 Å². The standard InChI is InChI=1S/C18H17Cl2N3O2S/c1-12-9-17(13(2)8-15(12)19)26(24,25)22-18-16(20)11-23(21-18)10-14-6-4-3-5-7-14/h3-9,11H,10H2,1-2H3,(H,21,22). The van der Waals surface area contributed by atoms with Crippen molar-refractivity contribution in [2.24, 2.45) is 0 Å². The number of benzene rings is 2. The molecule has 0 aliphatic heterocycles. The third kappa shape index (κ3) is 4.03. The Labute approximate surface area is 162 Å². The quantitative estimate of drug-likeness (QED) is 0.666. The van der Waals surface area contributed by atoms with Gasteiger partial charge >= 0.3 is 0 Å². The molecule has 0 spiro atoms. The van der Waals surface area contributed by atoms with Gasteiger partial charge in [0.15, 0.2) is 5.82 Å². The molecule has 0 bridgehead atoms. The van der Waals surface area contributed by atoms with E-state index in [0.29, 0.717) is 22.7 Å². The highest BCUT2D eigenvalue weighted by Crippen LogP contribution is 2.27. The predicted molar refractivity (Wildman–Crippen MR) is 105 cm³/mol. The number of hydrogen-bond donors (Lipinski definition) is 1. The van der Waals surface area contributed by atoms with E-state index in [1.54, 1.807) is 30.8 Å². The molecule has 0 atom stereocenters. The van der Waals surface area contributed by atoms with Crippen LogP contribution >= 0.6 is 23.2 Å². The Bertz CT molecular complexity index is 1050. The van der Waals surface area contributed by atoms with Crippen LogP contribution in [0.1, 0.15) is 16.7 Å². The van der Waals surface area contributed by atoms with Crippen molar-refractivity contribution >= 4 is 39.0 Å². The molecular formula is C18H17Cl2N3O2S. The van der Waals surface area contributed by atoms with Crippen LogP contribution in [0.3, 0.4) is 0 Å². The van der Waals surface area contributed by atoms with Crippen LogP contribution in [0.15, 0.2) is 53.6 Å². The molecule has 0 saturated carbocycles. The second-order valence-corrected chi connectivity index (χ2v) is 8.45.